The molecule has 2 heteroatoms. The van der Waals surface area contributed by atoms with Crippen LogP contribution in [0.4, 0.5) is 4.39 Å². The molecular weight excluding hydrogens is 239 g/mol. The van der Waals surface area contributed by atoms with E-state index >= 15 is 0 Å². The van der Waals surface area contributed by atoms with Crippen molar-refractivity contribution in [3.8, 4) is 0 Å². The quantitative estimate of drug-likeness (QED) is 0.885. The van der Waals surface area contributed by atoms with Gasteiger partial charge in [-0.15, -0.1) is 0 Å². The minimum atomic E-state index is -1.21. The van der Waals surface area contributed by atoms with Gasteiger partial charge in [0.05, 0.1) is 5.60 Å². The number of aryl methyl sites for hydroxylation is 2. The predicted octanol–water partition coefficient (Wildman–Crippen LogP) is 3.89. The van der Waals surface area contributed by atoms with Gasteiger partial charge in [0.25, 0.3) is 0 Å². The molecule has 1 unspecified atom stereocenters. The molecule has 0 aliphatic carbocycles. The van der Waals surface area contributed by atoms with Gasteiger partial charge in [-0.3, -0.25) is 0 Å². The maximum absolute atomic E-state index is 14.1. The molecule has 1 atom stereocenters. The molecule has 0 saturated heterocycles. The van der Waals surface area contributed by atoms with Crippen LogP contribution in [-0.2, 0) is 12.0 Å². The summed E-state index contributed by atoms with van der Waals surface area (Å²) < 4.78 is 14.1. The van der Waals surface area contributed by atoms with E-state index in [1.165, 1.54) is 6.07 Å². The first-order valence-electron chi connectivity index (χ1n) is 6.44. The van der Waals surface area contributed by atoms with E-state index in [0.717, 1.165) is 16.7 Å². The van der Waals surface area contributed by atoms with Gasteiger partial charge in [0.2, 0.25) is 0 Å². The van der Waals surface area contributed by atoms with Gasteiger partial charge in [-0.25, -0.2) is 4.39 Å². The molecule has 0 bridgehead atoms. The van der Waals surface area contributed by atoms with Gasteiger partial charge in [-0.2, -0.15) is 0 Å². The Kier molecular flexibility index (Phi) is 3.72. The van der Waals surface area contributed by atoms with Crippen LogP contribution >= 0.6 is 0 Å². The van der Waals surface area contributed by atoms with Gasteiger partial charge in [0.1, 0.15) is 5.82 Å². The monoisotopic (exact) mass is 258 g/mol. The van der Waals surface area contributed by atoms with Crippen molar-refractivity contribution in [2.75, 3.05) is 0 Å². The van der Waals surface area contributed by atoms with Gasteiger partial charge in [-0.1, -0.05) is 36.4 Å². The Morgan fingerprint density at radius 1 is 1.11 bits per heavy atom. The zero-order valence-electron chi connectivity index (χ0n) is 11.6. The molecule has 1 nitrogen and oxygen atoms in total. The molecule has 0 spiro atoms. The van der Waals surface area contributed by atoms with Crippen molar-refractivity contribution in [2.24, 2.45) is 0 Å². The summed E-state index contributed by atoms with van der Waals surface area (Å²) in [6.07, 6.45) is 0.397. The second-order valence-electron chi connectivity index (χ2n) is 5.37. The lowest BCUT2D eigenvalue weighted by Gasteiger charge is -2.26. The molecule has 100 valence electrons. The standard InChI is InChI=1S/C17H19FO/c1-12-9-13(2)16(15(18)10-12)17(3,19)11-14-7-5-4-6-8-14/h4-10,19H,11H2,1-3H3. The second-order valence-corrected chi connectivity index (χ2v) is 5.37. The fourth-order valence-electron chi connectivity index (χ4n) is 2.68. The molecule has 0 aromatic heterocycles. The predicted molar refractivity (Wildman–Crippen MR) is 75.6 cm³/mol. The van der Waals surface area contributed by atoms with Crippen LogP contribution in [0.2, 0.25) is 0 Å². The molecular formula is C17H19FO. The molecule has 2 aromatic rings. The first-order valence-corrected chi connectivity index (χ1v) is 6.44. The second kappa shape index (κ2) is 5.14. The van der Waals surface area contributed by atoms with Crippen molar-refractivity contribution >= 4 is 0 Å². The van der Waals surface area contributed by atoms with Gasteiger partial charge < -0.3 is 5.11 Å². The van der Waals surface area contributed by atoms with E-state index in [1.807, 2.05) is 50.2 Å². The third-order valence-electron chi connectivity index (χ3n) is 3.36. The maximum Gasteiger partial charge on any atom is 0.129 e. The van der Waals surface area contributed by atoms with Crippen molar-refractivity contribution in [1.82, 2.24) is 0 Å². The first kappa shape index (κ1) is 13.8. The number of halogens is 1. The summed E-state index contributed by atoms with van der Waals surface area (Å²) in [6, 6.07) is 13.0. The van der Waals surface area contributed by atoms with E-state index in [-0.39, 0.29) is 5.82 Å². The Hall–Kier alpha value is -1.67. The van der Waals surface area contributed by atoms with E-state index < -0.39 is 5.60 Å². The molecule has 0 fully saturated rings. The lowest BCUT2D eigenvalue weighted by Crippen LogP contribution is -2.27. The molecule has 0 aliphatic heterocycles. The summed E-state index contributed by atoms with van der Waals surface area (Å²) in [7, 11) is 0. The Bertz CT molecular complexity index is 550. The summed E-state index contributed by atoms with van der Waals surface area (Å²) in [5.74, 6) is -0.335. The molecule has 1 N–H and O–H groups in total. The number of hydrogen-bond donors (Lipinski definition) is 1. The summed E-state index contributed by atoms with van der Waals surface area (Å²) in [6.45, 7) is 5.36. The minimum absolute atomic E-state index is 0.335. The van der Waals surface area contributed by atoms with Gasteiger partial charge in [0, 0.05) is 12.0 Å². The Labute approximate surface area is 113 Å². The van der Waals surface area contributed by atoms with Crippen molar-refractivity contribution < 1.29 is 9.50 Å². The number of rotatable bonds is 3. The van der Waals surface area contributed by atoms with Crippen molar-refractivity contribution in [1.29, 1.82) is 0 Å². The fourth-order valence-corrected chi connectivity index (χ4v) is 2.68. The SMILES string of the molecule is Cc1cc(C)c(C(C)(O)Cc2ccccc2)c(F)c1. The molecule has 0 aliphatic rings. The summed E-state index contributed by atoms with van der Waals surface area (Å²) in [5, 5.41) is 10.7. The number of benzene rings is 2. The smallest absolute Gasteiger partial charge is 0.129 e. The topological polar surface area (TPSA) is 20.2 Å². The lowest BCUT2D eigenvalue weighted by molar-refractivity contribution is 0.0531. The van der Waals surface area contributed by atoms with Crippen molar-refractivity contribution in [3.05, 3.63) is 70.5 Å². The van der Waals surface area contributed by atoms with Crippen LogP contribution in [0.3, 0.4) is 0 Å². The molecule has 19 heavy (non-hydrogen) atoms. The Balaban J connectivity index is 2.40. The zero-order chi connectivity index (χ0) is 14.0. The van der Waals surface area contributed by atoms with E-state index in [1.54, 1.807) is 6.92 Å². The van der Waals surface area contributed by atoms with E-state index in [9.17, 15) is 9.50 Å². The van der Waals surface area contributed by atoms with Crippen LogP contribution in [0.15, 0.2) is 42.5 Å². The van der Waals surface area contributed by atoms with Crippen LogP contribution in [-0.4, -0.2) is 5.11 Å². The van der Waals surface area contributed by atoms with E-state index in [4.69, 9.17) is 0 Å². The van der Waals surface area contributed by atoms with Crippen LogP contribution in [0, 0.1) is 19.7 Å². The van der Waals surface area contributed by atoms with Crippen LogP contribution in [0.25, 0.3) is 0 Å². The van der Waals surface area contributed by atoms with Crippen molar-refractivity contribution in [2.45, 2.75) is 32.8 Å². The third-order valence-corrected chi connectivity index (χ3v) is 3.36. The summed E-state index contributed by atoms with van der Waals surface area (Å²) in [4.78, 5) is 0. The third kappa shape index (κ3) is 3.02. The van der Waals surface area contributed by atoms with Gasteiger partial charge in [-0.05, 0) is 43.5 Å². The molecule has 0 amide bonds. The van der Waals surface area contributed by atoms with Crippen LogP contribution < -0.4 is 0 Å². The largest absolute Gasteiger partial charge is 0.385 e. The average Bonchev–Trinajstić information content (AvgIpc) is 2.27. The summed E-state index contributed by atoms with van der Waals surface area (Å²) >= 11 is 0. The lowest BCUT2D eigenvalue weighted by atomic mass is 9.85. The van der Waals surface area contributed by atoms with E-state index in [2.05, 4.69) is 0 Å². The van der Waals surface area contributed by atoms with Gasteiger partial charge in [0.15, 0.2) is 0 Å². The van der Waals surface area contributed by atoms with Crippen molar-refractivity contribution in [3.63, 3.8) is 0 Å². The normalized spacial score (nSPS) is 14.2. The molecule has 0 saturated carbocycles. The highest BCUT2D eigenvalue weighted by Crippen LogP contribution is 2.31. The maximum atomic E-state index is 14.1. The zero-order valence-corrected chi connectivity index (χ0v) is 11.6. The van der Waals surface area contributed by atoms with Crippen LogP contribution in [0.5, 0.6) is 0 Å². The first-order chi connectivity index (χ1) is 8.90. The average molecular weight is 258 g/mol. The molecule has 2 aromatic carbocycles. The van der Waals surface area contributed by atoms with E-state index in [0.29, 0.717) is 12.0 Å². The number of hydrogen-bond acceptors (Lipinski definition) is 1. The molecule has 2 rings (SSSR count). The van der Waals surface area contributed by atoms with Crippen LogP contribution in [0.1, 0.15) is 29.2 Å². The Morgan fingerprint density at radius 2 is 1.74 bits per heavy atom. The molecule has 0 heterocycles. The summed E-state index contributed by atoms with van der Waals surface area (Å²) in [5.41, 5.74) is 1.84. The highest BCUT2D eigenvalue weighted by atomic mass is 19.1. The molecule has 0 radical (unpaired) electrons. The highest BCUT2D eigenvalue weighted by Gasteiger charge is 2.28. The number of aliphatic hydroxyl groups is 1. The Morgan fingerprint density at radius 3 is 2.32 bits per heavy atom. The van der Waals surface area contributed by atoms with Gasteiger partial charge >= 0.3 is 0 Å². The highest BCUT2D eigenvalue weighted by molar-refractivity contribution is 5.37. The minimum Gasteiger partial charge on any atom is -0.385 e. The fraction of sp³-hybridized carbons (Fsp3) is 0.294.